The minimum absolute atomic E-state index is 0.240. The monoisotopic (exact) mass is 677 g/mol. The fourth-order valence-corrected chi connectivity index (χ4v) is 5.31. The first-order valence-corrected chi connectivity index (χ1v) is 15.8. The molecule has 0 spiro atoms. The summed E-state index contributed by atoms with van der Waals surface area (Å²) >= 11 is 0. The summed E-state index contributed by atoms with van der Waals surface area (Å²) in [5.41, 5.74) is 8.38. The molecule has 0 saturated heterocycles. The zero-order valence-corrected chi connectivity index (χ0v) is 29.1. The minimum Gasteiger partial charge on any atom is -0.343 e. The molecule has 3 aromatic heterocycles. The van der Waals surface area contributed by atoms with Gasteiger partial charge in [0, 0.05) is 67.5 Å². The van der Waals surface area contributed by atoms with Crippen LogP contribution >= 0.6 is 0 Å². The first kappa shape index (κ1) is 38.8. The molecule has 0 aliphatic rings. The highest BCUT2D eigenvalue weighted by Crippen LogP contribution is 2.33. The fraction of sp³-hybridized carbons (Fsp3) is 0.324. The van der Waals surface area contributed by atoms with E-state index in [0.717, 1.165) is 46.9 Å². The third-order valence-electron chi connectivity index (χ3n) is 7.43. The molecular weight excluding hydrogens is 631 g/mol. The number of nitrogens with one attached hydrogen (secondary N) is 1. The third-order valence-corrected chi connectivity index (χ3v) is 7.43. The van der Waals surface area contributed by atoms with E-state index in [1.165, 1.54) is 35.2 Å². The number of hydroxylamine groups is 2. The molecule has 12 heteroatoms. The Morgan fingerprint density at radius 1 is 1.14 bits per heavy atom. The lowest BCUT2D eigenvalue weighted by atomic mass is 9.99. The molecule has 1 unspecified atom stereocenters. The maximum Gasteiger partial charge on any atom is 0.433 e. The van der Waals surface area contributed by atoms with Gasteiger partial charge < -0.3 is 9.88 Å². The molecule has 262 valence electrons. The Morgan fingerprint density at radius 2 is 1.88 bits per heavy atom. The smallest absolute Gasteiger partial charge is 0.343 e. The van der Waals surface area contributed by atoms with Gasteiger partial charge in [-0.25, -0.2) is 9.50 Å². The Balaban J connectivity index is 0.000000269. The molecule has 0 radical (unpaired) electrons. The van der Waals surface area contributed by atoms with E-state index in [0.29, 0.717) is 30.2 Å². The number of benzene rings is 1. The van der Waals surface area contributed by atoms with E-state index < -0.39 is 11.9 Å². The van der Waals surface area contributed by atoms with E-state index in [1.54, 1.807) is 20.0 Å². The predicted molar refractivity (Wildman–Crippen MR) is 192 cm³/mol. The highest BCUT2D eigenvalue weighted by molar-refractivity contribution is 6.00. The zero-order chi connectivity index (χ0) is 36.3. The van der Waals surface area contributed by atoms with Gasteiger partial charge in [-0.3, -0.25) is 15.0 Å². The van der Waals surface area contributed by atoms with Gasteiger partial charge >= 0.3 is 6.18 Å². The summed E-state index contributed by atoms with van der Waals surface area (Å²) in [6.07, 6.45) is 9.41. The van der Waals surface area contributed by atoms with Crippen LogP contribution < -0.4 is 5.32 Å². The van der Waals surface area contributed by atoms with Crippen molar-refractivity contribution in [2.75, 3.05) is 20.6 Å². The van der Waals surface area contributed by atoms with E-state index in [1.807, 2.05) is 36.0 Å². The number of aliphatic imine (C=N–C) groups is 1. The van der Waals surface area contributed by atoms with E-state index in [9.17, 15) is 13.2 Å². The maximum absolute atomic E-state index is 12.6. The van der Waals surface area contributed by atoms with Crippen LogP contribution in [0.25, 0.3) is 33.3 Å². The van der Waals surface area contributed by atoms with Gasteiger partial charge in [-0.1, -0.05) is 42.2 Å². The highest BCUT2D eigenvalue weighted by atomic mass is 19.4. The van der Waals surface area contributed by atoms with Crippen molar-refractivity contribution < 1.29 is 23.2 Å². The molecule has 9 nitrogen and oxygen atoms in total. The van der Waals surface area contributed by atoms with Crippen molar-refractivity contribution in [1.82, 2.24) is 29.7 Å². The SMILES string of the molecule is C=CCn1cc(C(=C)C)c2cc(-c3cnc4cc(C)nn4c3)cc(C)c21.C=CN=C(/C=C\C(C)=C\CCC(CNC)ON(C)O)C(F)(F)F. The molecular formula is C37H46F3N7O2. The van der Waals surface area contributed by atoms with Gasteiger partial charge in [0.2, 0.25) is 0 Å². The van der Waals surface area contributed by atoms with Crippen molar-refractivity contribution in [3.05, 3.63) is 109 Å². The number of allylic oxidation sites excluding steroid dienone is 6. The average molecular weight is 678 g/mol. The number of fused-ring (bicyclic) bond motifs is 2. The number of hydrogen-bond acceptors (Lipinski definition) is 7. The molecule has 0 aliphatic carbocycles. The van der Waals surface area contributed by atoms with Crippen LogP contribution in [-0.4, -0.2) is 68.2 Å². The molecule has 1 atom stereocenters. The van der Waals surface area contributed by atoms with Gasteiger partial charge in [-0.05, 0) is 82.5 Å². The quantitative estimate of drug-likeness (QED) is 0.0603. The lowest BCUT2D eigenvalue weighted by Crippen LogP contribution is -2.31. The van der Waals surface area contributed by atoms with Gasteiger partial charge in [0.25, 0.3) is 0 Å². The van der Waals surface area contributed by atoms with Crippen molar-refractivity contribution in [1.29, 1.82) is 0 Å². The molecule has 49 heavy (non-hydrogen) atoms. The molecule has 0 amide bonds. The molecule has 3 heterocycles. The predicted octanol–water partition coefficient (Wildman–Crippen LogP) is 8.44. The molecule has 0 saturated carbocycles. The molecule has 0 aliphatic heterocycles. The number of aryl methyl sites for hydroxylation is 2. The third kappa shape index (κ3) is 10.9. The zero-order valence-electron chi connectivity index (χ0n) is 29.1. The van der Waals surface area contributed by atoms with Crippen LogP contribution in [0.2, 0.25) is 0 Å². The van der Waals surface area contributed by atoms with Crippen LogP contribution in [0.4, 0.5) is 13.2 Å². The van der Waals surface area contributed by atoms with Crippen LogP contribution in [0.3, 0.4) is 0 Å². The van der Waals surface area contributed by atoms with Crippen molar-refractivity contribution in [3.8, 4) is 11.1 Å². The number of hydrogen-bond donors (Lipinski definition) is 2. The van der Waals surface area contributed by atoms with Crippen molar-refractivity contribution in [2.24, 2.45) is 4.99 Å². The van der Waals surface area contributed by atoms with Gasteiger partial charge in [0.1, 0.15) is 5.71 Å². The standard InChI is InChI=1S/C22H22N4.C15H24F3N3O2/c1-6-7-25-13-20(14(2)3)19-10-17(8-15(4)22(19)25)18-11-23-21-9-16(5)24-26(21)12-18;1-5-20-14(15(16,17)18)10-9-12(2)7-6-8-13(11-19-3)23-21(4)22/h6,8-13H,1-2,7H2,3-5H3;5,7,9-10,13,19,22H,1,6,8,11H2,2-4H3/b;10-9-,12-7+,20-14?. The summed E-state index contributed by atoms with van der Waals surface area (Å²) < 4.78 is 41.9. The second kappa shape index (κ2) is 17.7. The van der Waals surface area contributed by atoms with Gasteiger partial charge in [0.05, 0.1) is 17.3 Å². The topological polar surface area (TPSA) is 92.2 Å². The first-order valence-electron chi connectivity index (χ1n) is 15.8. The number of halogens is 3. The second-order valence-corrected chi connectivity index (χ2v) is 11.7. The van der Waals surface area contributed by atoms with E-state index in [-0.39, 0.29) is 6.10 Å². The minimum atomic E-state index is -4.51. The van der Waals surface area contributed by atoms with Gasteiger partial charge in [0.15, 0.2) is 5.65 Å². The van der Waals surface area contributed by atoms with Crippen LogP contribution in [0.15, 0.2) is 97.6 Å². The largest absolute Gasteiger partial charge is 0.433 e. The van der Waals surface area contributed by atoms with Crippen molar-refractivity contribution >= 4 is 27.8 Å². The van der Waals surface area contributed by atoms with E-state index in [4.69, 9.17) is 10.0 Å². The number of aromatic nitrogens is 4. The maximum atomic E-state index is 12.6. The summed E-state index contributed by atoms with van der Waals surface area (Å²) in [6, 6.07) is 6.42. The number of rotatable bonds is 14. The van der Waals surface area contributed by atoms with Crippen molar-refractivity contribution in [2.45, 2.75) is 59.4 Å². The molecule has 2 N–H and O–H groups in total. The normalized spacial score (nSPS) is 13.3. The summed E-state index contributed by atoms with van der Waals surface area (Å²) in [5, 5.41) is 18.3. The number of likely N-dealkylation sites (N-methyl/N-ethyl adjacent to an activating group) is 1. The first-order chi connectivity index (χ1) is 23.2. The summed E-state index contributed by atoms with van der Waals surface area (Å²) in [7, 11) is 3.12. The lowest BCUT2D eigenvalue weighted by Gasteiger charge is -2.19. The second-order valence-electron chi connectivity index (χ2n) is 11.7. The van der Waals surface area contributed by atoms with Crippen LogP contribution in [0.5, 0.6) is 0 Å². The van der Waals surface area contributed by atoms with Crippen LogP contribution in [-0.2, 0) is 11.4 Å². The summed E-state index contributed by atoms with van der Waals surface area (Å²) in [5.74, 6) is 0. The number of alkyl halides is 3. The molecule has 1 aromatic carbocycles. The van der Waals surface area contributed by atoms with E-state index >= 15 is 0 Å². The molecule has 4 aromatic rings. The lowest BCUT2D eigenvalue weighted by molar-refractivity contribution is -0.344. The Bertz CT molecular complexity index is 1860. The fourth-order valence-electron chi connectivity index (χ4n) is 5.31. The molecule has 0 bridgehead atoms. The van der Waals surface area contributed by atoms with Crippen LogP contribution in [0, 0.1) is 13.8 Å². The summed E-state index contributed by atoms with van der Waals surface area (Å²) in [6.45, 7) is 20.4. The Kier molecular flexibility index (Phi) is 14.0. The van der Waals surface area contributed by atoms with Crippen LogP contribution in [0.1, 0.15) is 43.5 Å². The van der Waals surface area contributed by atoms with Crippen molar-refractivity contribution in [3.63, 3.8) is 0 Å². The molecule has 4 rings (SSSR count). The Labute approximate surface area is 286 Å². The Morgan fingerprint density at radius 3 is 2.49 bits per heavy atom. The van der Waals surface area contributed by atoms with E-state index in [2.05, 4.69) is 76.9 Å². The molecule has 0 fully saturated rings. The highest BCUT2D eigenvalue weighted by Gasteiger charge is 2.33. The number of nitrogens with zero attached hydrogens (tertiary/aromatic N) is 6. The average Bonchev–Trinajstić information content (AvgIpc) is 3.58. The Hall–Kier alpha value is -4.62. The van der Waals surface area contributed by atoms with Gasteiger partial charge in [-0.2, -0.15) is 18.3 Å². The summed E-state index contributed by atoms with van der Waals surface area (Å²) in [4.78, 5) is 12.9. The van der Waals surface area contributed by atoms with Gasteiger partial charge in [-0.15, -0.1) is 6.58 Å².